The van der Waals surface area contributed by atoms with Crippen LogP contribution in [0.5, 0.6) is 11.5 Å². The lowest BCUT2D eigenvalue weighted by Crippen LogP contribution is -2.21. The second-order valence-corrected chi connectivity index (χ2v) is 6.50. The van der Waals surface area contributed by atoms with Crippen LogP contribution in [-0.2, 0) is 6.42 Å². The highest BCUT2D eigenvalue weighted by atomic mass is 79.9. The zero-order valence-corrected chi connectivity index (χ0v) is 14.7. The lowest BCUT2D eigenvalue weighted by atomic mass is 10.0. The van der Waals surface area contributed by atoms with Crippen LogP contribution in [0, 0.1) is 0 Å². The lowest BCUT2D eigenvalue weighted by Gasteiger charge is -2.13. The normalized spacial score (nSPS) is 12.2. The number of halogens is 3. The topological polar surface area (TPSA) is 35.2 Å². The maximum atomic E-state index is 6.09. The van der Waals surface area contributed by atoms with E-state index in [2.05, 4.69) is 22.9 Å². The molecule has 1 unspecified atom stereocenters. The van der Waals surface area contributed by atoms with Gasteiger partial charge in [0, 0.05) is 21.6 Å². The van der Waals surface area contributed by atoms with Crippen LogP contribution in [0.3, 0.4) is 0 Å². The Balaban J connectivity index is 2.18. The van der Waals surface area contributed by atoms with Gasteiger partial charge < -0.3 is 10.5 Å². The quantitative estimate of drug-likeness (QED) is 0.699. The van der Waals surface area contributed by atoms with Gasteiger partial charge in [-0.3, -0.25) is 0 Å². The third kappa shape index (κ3) is 4.62. The summed E-state index contributed by atoms with van der Waals surface area (Å²) < 4.78 is 6.75. The fraction of sp³-hybridized carbons (Fsp3) is 0.250. The molecule has 2 nitrogen and oxygen atoms in total. The molecule has 0 aromatic heterocycles. The Morgan fingerprint density at radius 3 is 2.62 bits per heavy atom. The Hall–Kier alpha value is -0.740. The molecule has 0 fully saturated rings. The van der Waals surface area contributed by atoms with Crippen molar-refractivity contribution in [2.75, 3.05) is 0 Å². The molecule has 0 saturated carbocycles. The molecule has 2 aromatic carbocycles. The van der Waals surface area contributed by atoms with E-state index in [0.717, 1.165) is 22.9 Å². The number of nitrogens with two attached hydrogens (primary N) is 1. The van der Waals surface area contributed by atoms with E-state index in [1.165, 1.54) is 0 Å². The second kappa shape index (κ2) is 7.50. The molecule has 0 spiro atoms. The van der Waals surface area contributed by atoms with Gasteiger partial charge in [-0.1, -0.05) is 52.1 Å². The van der Waals surface area contributed by atoms with E-state index in [9.17, 15) is 0 Å². The first-order valence-electron chi connectivity index (χ1n) is 6.66. The summed E-state index contributed by atoms with van der Waals surface area (Å²) in [4.78, 5) is 0. The van der Waals surface area contributed by atoms with Gasteiger partial charge in [0.15, 0.2) is 0 Å². The largest absolute Gasteiger partial charge is 0.456 e. The lowest BCUT2D eigenvalue weighted by molar-refractivity contribution is 0.482. The van der Waals surface area contributed by atoms with Crippen LogP contribution in [-0.4, -0.2) is 6.04 Å². The van der Waals surface area contributed by atoms with Gasteiger partial charge in [0.25, 0.3) is 0 Å². The summed E-state index contributed by atoms with van der Waals surface area (Å²) in [5, 5.41) is 1.10. The highest BCUT2D eigenvalue weighted by Crippen LogP contribution is 2.33. The second-order valence-electron chi connectivity index (χ2n) is 4.80. The number of hydrogen-bond acceptors (Lipinski definition) is 2. The maximum Gasteiger partial charge on any atom is 0.147 e. The van der Waals surface area contributed by atoms with Crippen LogP contribution in [0.1, 0.15) is 18.9 Å². The van der Waals surface area contributed by atoms with Gasteiger partial charge in [-0.05, 0) is 42.7 Å². The Bertz CT molecular complexity index is 634. The molecule has 0 amide bonds. The van der Waals surface area contributed by atoms with Crippen molar-refractivity contribution in [3.8, 4) is 11.5 Å². The van der Waals surface area contributed by atoms with E-state index >= 15 is 0 Å². The van der Waals surface area contributed by atoms with Crippen LogP contribution < -0.4 is 10.5 Å². The molecule has 0 aliphatic heterocycles. The SMILES string of the molecule is CCC(N)Cc1ccc(Oc2cc(Cl)ccc2Cl)cc1Br. The summed E-state index contributed by atoms with van der Waals surface area (Å²) in [5.74, 6) is 1.23. The minimum atomic E-state index is 0.162. The van der Waals surface area contributed by atoms with Crippen LogP contribution in [0.25, 0.3) is 0 Å². The first-order chi connectivity index (χ1) is 9.99. The predicted molar refractivity (Wildman–Crippen MR) is 92.6 cm³/mol. The standard InChI is InChI=1S/C16H16BrCl2NO/c1-2-12(20)7-10-3-5-13(9-14(10)17)21-16-8-11(18)4-6-15(16)19/h3-6,8-9,12H,2,7,20H2,1H3. The van der Waals surface area contributed by atoms with E-state index in [-0.39, 0.29) is 6.04 Å². The molecule has 21 heavy (non-hydrogen) atoms. The molecule has 0 heterocycles. The monoisotopic (exact) mass is 387 g/mol. The fourth-order valence-electron chi connectivity index (χ4n) is 1.87. The Kier molecular flexibility index (Phi) is 5.94. The first-order valence-corrected chi connectivity index (χ1v) is 8.21. The van der Waals surface area contributed by atoms with E-state index in [4.69, 9.17) is 33.7 Å². The molecule has 2 N–H and O–H groups in total. The summed E-state index contributed by atoms with van der Waals surface area (Å²) >= 11 is 15.6. The van der Waals surface area contributed by atoms with Gasteiger partial charge in [-0.25, -0.2) is 0 Å². The van der Waals surface area contributed by atoms with Crippen molar-refractivity contribution in [1.29, 1.82) is 0 Å². The molecular weight excluding hydrogens is 373 g/mol. The zero-order valence-electron chi connectivity index (χ0n) is 11.6. The van der Waals surface area contributed by atoms with Gasteiger partial charge in [-0.15, -0.1) is 0 Å². The molecule has 1 atom stereocenters. The summed E-state index contributed by atoms with van der Waals surface area (Å²) in [6.45, 7) is 2.08. The Morgan fingerprint density at radius 2 is 1.95 bits per heavy atom. The van der Waals surface area contributed by atoms with Crippen molar-refractivity contribution in [2.45, 2.75) is 25.8 Å². The minimum absolute atomic E-state index is 0.162. The molecule has 0 bridgehead atoms. The summed E-state index contributed by atoms with van der Waals surface area (Å²) in [6.07, 6.45) is 1.78. The van der Waals surface area contributed by atoms with Crippen molar-refractivity contribution in [1.82, 2.24) is 0 Å². The van der Waals surface area contributed by atoms with Gasteiger partial charge in [0.2, 0.25) is 0 Å². The minimum Gasteiger partial charge on any atom is -0.456 e. The maximum absolute atomic E-state index is 6.09. The molecule has 0 saturated heterocycles. The highest BCUT2D eigenvalue weighted by molar-refractivity contribution is 9.10. The van der Waals surface area contributed by atoms with Crippen LogP contribution in [0.2, 0.25) is 10.0 Å². The van der Waals surface area contributed by atoms with Crippen molar-refractivity contribution < 1.29 is 4.74 Å². The van der Waals surface area contributed by atoms with Crippen molar-refractivity contribution >= 4 is 39.1 Å². The fourth-order valence-corrected chi connectivity index (χ4v) is 2.70. The first kappa shape index (κ1) is 16.6. The molecule has 0 aliphatic rings. The van der Waals surface area contributed by atoms with Gasteiger partial charge >= 0.3 is 0 Å². The molecule has 5 heteroatoms. The molecule has 0 aliphatic carbocycles. The molecule has 2 rings (SSSR count). The summed E-state index contributed by atoms with van der Waals surface area (Å²) in [5.41, 5.74) is 7.15. The molecule has 112 valence electrons. The van der Waals surface area contributed by atoms with Gasteiger partial charge in [0.1, 0.15) is 11.5 Å². The van der Waals surface area contributed by atoms with Crippen molar-refractivity contribution in [3.63, 3.8) is 0 Å². The average Bonchev–Trinajstić information content (AvgIpc) is 2.45. The molecule has 2 aromatic rings. The number of hydrogen-bond donors (Lipinski definition) is 1. The van der Waals surface area contributed by atoms with Crippen LogP contribution in [0.15, 0.2) is 40.9 Å². The summed E-state index contributed by atoms with van der Waals surface area (Å²) in [7, 11) is 0. The highest BCUT2D eigenvalue weighted by Gasteiger charge is 2.09. The van der Waals surface area contributed by atoms with E-state index in [0.29, 0.717) is 21.5 Å². The van der Waals surface area contributed by atoms with Crippen LogP contribution >= 0.6 is 39.1 Å². The average molecular weight is 389 g/mol. The van der Waals surface area contributed by atoms with Crippen molar-refractivity contribution in [2.24, 2.45) is 5.73 Å². The number of ether oxygens (including phenoxy) is 1. The van der Waals surface area contributed by atoms with E-state index < -0.39 is 0 Å². The van der Waals surface area contributed by atoms with E-state index in [1.807, 2.05) is 18.2 Å². The summed E-state index contributed by atoms with van der Waals surface area (Å²) in [6, 6.07) is 11.1. The van der Waals surface area contributed by atoms with Crippen molar-refractivity contribution in [3.05, 3.63) is 56.5 Å². The molecular formula is C16H16BrCl2NO. The Labute approximate surface area is 143 Å². The van der Waals surface area contributed by atoms with E-state index in [1.54, 1.807) is 18.2 Å². The number of rotatable bonds is 5. The smallest absolute Gasteiger partial charge is 0.147 e. The van der Waals surface area contributed by atoms with Gasteiger partial charge in [-0.2, -0.15) is 0 Å². The third-order valence-corrected chi connectivity index (χ3v) is 4.44. The zero-order chi connectivity index (χ0) is 15.4. The van der Waals surface area contributed by atoms with Gasteiger partial charge in [0.05, 0.1) is 5.02 Å². The van der Waals surface area contributed by atoms with Crippen LogP contribution in [0.4, 0.5) is 0 Å². The molecule has 0 radical (unpaired) electrons. The number of benzene rings is 2. The third-order valence-electron chi connectivity index (χ3n) is 3.15. The Morgan fingerprint density at radius 1 is 1.19 bits per heavy atom. The predicted octanol–water partition coefficient (Wildman–Crippen LogP) is 5.83.